The fourth-order valence-electron chi connectivity index (χ4n) is 19.8. The Morgan fingerprint density at radius 1 is 0.362 bits per heavy atom. The molecule has 16 bridgehead atoms. The van der Waals surface area contributed by atoms with Crippen LogP contribution in [0.25, 0.3) is 0 Å². The van der Waals surface area contributed by atoms with E-state index in [-0.39, 0.29) is 15.8 Å². The summed E-state index contributed by atoms with van der Waals surface area (Å²) < 4.78 is 0. The summed E-state index contributed by atoms with van der Waals surface area (Å²) in [5, 5.41) is 6.87. The largest absolute Gasteiger partial charge is 0.316 e. The summed E-state index contributed by atoms with van der Waals surface area (Å²) in [7, 11) is 0.341. The molecule has 0 amide bonds. The van der Waals surface area contributed by atoms with Crippen molar-refractivity contribution in [1.29, 1.82) is 0 Å². The van der Waals surface area contributed by atoms with Gasteiger partial charge in [-0.15, -0.1) is 0 Å². The fourth-order valence-corrected chi connectivity index (χ4v) is 29.8. The van der Waals surface area contributed by atoms with Gasteiger partial charge >= 0.3 is 0 Å². The van der Waals surface area contributed by atoms with Crippen molar-refractivity contribution in [3.05, 3.63) is 0 Å². The Bertz CT molecular complexity index is 1060. The van der Waals surface area contributed by atoms with E-state index in [2.05, 4.69) is 5.32 Å². The molecular weight excluding hydrogens is 604 g/mol. The molecule has 260 valence electrons. The zero-order valence-electron chi connectivity index (χ0n) is 30.1. The van der Waals surface area contributed by atoms with Crippen molar-refractivity contribution in [2.45, 2.75) is 169 Å². The van der Waals surface area contributed by atoms with Crippen LogP contribution in [0.2, 0.25) is 0 Å². The number of hydrogen-bond acceptors (Lipinski definition) is 1. The van der Waals surface area contributed by atoms with Gasteiger partial charge in [0.05, 0.1) is 0 Å². The first kappa shape index (κ1) is 30.3. The Morgan fingerprint density at radius 3 is 1.06 bits per heavy atom. The van der Waals surface area contributed by atoms with Crippen LogP contribution < -0.4 is 5.32 Å². The van der Waals surface area contributed by atoms with Crippen molar-refractivity contribution in [3.63, 3.8) is 0 Å². The molecule has 16 aliphatic rings. The second-order valence-electron chi connectivity index (χ2n) is 22.4. The van der Waals surface area contributed by atoms with E-state index >= 15 is 0 Å². The van der Waals surface area contributed by atoms with Gasteiger partial charge in [0.2, 0.25) is 0 Å². The van der Waals surface area contributed by atoms with Crippen LogP contribution in [-0.4, -0.2) is 46.5 Å². The lowest BCUT2D eigenvalue weighted by molar-refractivity contribution is 0.0148. The third-order valence-corrected chi connectivity index (χ3v) is 27.4. The van der Waals surface area contributed by atoms with E-state index in [1.54, 1.807) is 160 Å². The quantitative estimate of drug-likeness (QED) is 0.180. The van der Waals surface area contributed by atoms with E-state index in [4.69, 9.17) is 0 Å². The molecule has 47 heavy (non-hydrogen) atoms. The van der Waals surface area contributed by atoms with Gasteiger partial charge < -0.3 is 5.32 Å². The summed E-state index contributed by atoms with van der Waals surface area (Å²) >= 11 is 0. The third-order valence-electron chi connectivity index (χ3n) is 19.4. The van der Waals surface area contributed by atoms with Gasteiger partial charge in [-0.1, -0.05) is 15.8 Å². The second-order valence-corrected chi connectivity index (χ2v) is 28.6. The van der Waals surface area contributed by atoms with Crippen molar-refractivity contribution in [2.75, 3.05) is 25.4 Å². The van der Waals surface area contributed by atoms with Gasteiger partial charge in [-0.25, -0.2) is 0 Å². The van der Waals surface area contributed by atoms with Gasteiger partial charge in [-0.3, -0.25) is 0 Å². The minimum Gasteiger partial charge on any atom is -0.316 e. The Balaban J connectivity index is 0.793. The van der Waals surface area contributed by atoms with E-state index in [0.717, 1.165) is 92.4 Å². The molecule has 3 heteroatoms. The zero-order chi connectivity index (χ0) is 30.5. The van der Waals surface area contributed by atoms with E-state index < -0.39 is 0 Å². The lowest BCUT2D eigenvalue weighted by Crippen LogP contribution is -2.57. The monoisotopic (exact) mass is 673 g/mol. The van der Waals surface area contributed by atoms with Gasteiger partial charge in [0.1, 0.15) is 0 Å². The smallest absolute Gasteiger partial charge is 0.000897 e. The molecule has 1 atom stereocenters. The van der Waals surface area contributed by atoms with Crippen LogP contribution in [0.3, 0.4) is 0 Å². The molecule has 16 fully saturated rings. The van der Waals surface area contributed by atoms with Gasteiger partial charge in [0.15, 0.2) is 0 Å². The van der Waals surface area contributed by atoms with Crippen LogP contribution in [0.4, 0.5) is 0 Å². The van der Waals surface area contributed by atoms with Gasteiger partial charge in [-0.2, -0.15) is 0 Å². The van der Waals surface area contributed by atoms with Gasteiger partial charge in [0.25, 0.3) is 0 Å². The standard InChI is InChI=1S/C44H69NP2/c1(3-46(41-39-15-28-5-29(17-39)18-40(41)16-28)42-19-30-6-31(20-42)8-32(7-30)21-42)45-2-4-47(43-22-33-9-34(23-43)11-35(10-33)24-43)44-25-36-12-37(26-44)14-38(13-36)27-44/h28-41,45H,1-27H2. The van der Waals surface area contributed by atoms with Gasteiger partial charge in [0, 0.05) is 0 Å². The van der Waals surface area contributed by atoms with Gasteiger partial charge in [-0.05, 0) is 271 Å². The fraction of sp³-hybridized carbons (Fsp3) is 1.00. The van der Waals surface area contributed by atoms with Crippen molar-refractivity contribution in [3.8, 4) is 0 Å². The highest BCUT2D eigenvalue weighted by atomic mass is 31.1. The van der Waals surface area contributed by atoms with Crippen molar-refractivity contribution in [2.24, 2.45) is 76.9 Å². The Labute approximate surface area is 291 Å². The maximum Gasteiger partial charge on any atom is -0.000897 e. The Kier molecular flexibility index (Phi) is 7.05. The Hall–Kier alpha value is 0.820. The van der Waals surface area contributed by atoms with Crippen LogP contribution in [-0.2, 0) is 0 Å². The maximum absolute atomic E-state index is 4.40. The molecule has 0 aromatic heterocycles. The summed E-state index contributed by atoms with van der Waals surface area (Å²) in [6.07, 6.45) is 41.5. The third kappa shape index (κ3) is 4.81. The minimum absolute atomic E-state index is 0.159. The average molecular weight is 674 g/mol. The van der Waals surface area contributed by atoms with Crippen LogP contribution in [0.5, 0.6) is 0 Å². The molecule has 0 radical (unpaired) electrons. The summed E-state index contributed by atoms with van der Waals surface area (Å²) in [6, 6.07) is 0. The molecule has 1 N–H and O–H groups in total. The first-order valence-electron chi connectivity index (χ1n) is 22.2. The molecule has 16 aliphatic carbocycles. The topological polar surface area (TPSA) is 12.0 Å². The second kappa shape index (κ2) is 10.9. The van der Waals surface area contributed by atoms with E-state index in [1.807, 2.05) is 0 Å². The average Bonchev–Trinajstić information content (AvgIpc) is 2.99. The molecular formula is C44H69NP2. The molecule has 0 heterocycles. The number of nitrogens with one attached hydrogen (secondary N) is 1. The van der Waals surface area contributed by atoms with Crippen molar-refractivity contribution in [1.82, 2.24) is 5.32 Å². The molecule has 0 aromatic carbocycles. The molecule has 16 saturated carbocycles. The number of rotatable bonds is 10. The van der Waals surface area contributed by atoms with E-state index in [9.17, 15) is 0 Å². The van der Waals surface area contributed by atoms with E-state index in [1.165, 1.54) is 18.7 Å². The number of hydrogen-bond donors (Lipinski definition) is 1. The maximum atomic E-state index is 4.40. The first-order chi connectivity index (χ1) is 23.0. The van der Waals surface area contributed by atoms with Crippen LogP contribution >= 0.6 is 15.8 Å². The minimum atomic E-state index is 0.159. The van der Waals surface area contributed by atoms with Crippen molar-refractivity contribution < 1.29 is 0 Å². The highest BCUT2D eigenvalue weighted by Gasteiger charge is 2.63. The zero-order valence-corrected chi connectivity index (χ0v) is 31.9. The lowest BCUT2D eigenvalue weighted by Gasteiger charge is -2.67. The Morgan fingerprint density at radius 2 is 0.681 bits per heavy atom. The first-order valence-corrected chi connectivity index (χ1v) is 25.3. The van der Waals surface area contributed by atoms with Crippen LogP contribution in [0, 0.1) is 76.9 Å². The van der Waals surface area contributed by atoms with Crippen molar-refractivity contribution >= 4 is 15.8 Å². The van der Waals surface area contributed by atoms with Crippen LogP contribution in [0.1, 0.15) is 148 Å². The summed E-state index contributed by atoms with van der Waals surface area (Å²) in [5.74, 6) is 14.8. The molecule has 0 saturated heterocycles. The summed E-state index contributed by atoms with van der Waals surface area (Å²) in [5.41, 5.74) is 1.19. The summed E-state index contributed by atoms with van der Waals surface area (Å²) in [4.78, 5) is 0. The molecule has 1 unspecified atom stereocenters. The van der Waals surface area contributed by atoms with Crippen LogP contribution in [0.15, 0.2) is 0 Å². The molecule has 0 spiro atoms. The lowest BCUT2D eigenvalue weighted by atomic mass is 9.55. The molecule has 16 rings (SSSR count). The predicted molar refractivity (Wildman–Crippen MR) is 200 cm³/mol. The highest BCUT2D eigenvalue weighted by Crippen LogP contribution is 2.79. The molecule has 0 aliphatic heterocycles. The SMILES string of the molecule is C(CP(C1C2CC3CC(C2)CC1C3)C12CC3CC(CC(C3)C1)C2)NCCP(C12CC3CC(CC(C3)C1)C2)C12CC3CC(CC(C3)C1)C2. The molecule has 0 aromatic rings. The molecule has 1 nitrogen and oxygen atoms in total. The highest BCUT2D eigenvalue weighted by molar-refractivity contribution is 7.61. The predicted octanol–water partition coefficient (Wildman–Crippen LogP) is 11.3. The normalized spacial score (nSPS) is 59.7. The summed E-state index contributed by atoms with van der Waals surface area (Å²) in [6.45, 7) is 2.81. The van der Waals surface area contributed by atoms with E-state index in [0.29, 0.717) is 0 Å².